The van der Waals surface area contributed by atoms with Gasteiger partial charge in [0, 0.05) is 6.26 Å². The van der Waals surface area contributed by atoms with Gasteiger partial charge in [0.2, 0.25) is 0 Å². The zero-order valence-electron chi connectivity index (χ0n) is 7.24. The lowest BCUT2D eigenvalue weighted by molar-refractivity contribution is 0.347. The fraction of sp³-hybridized carbons (Fsp3) is 0.500. The standard InChI is InChI=1S/C8H9ClO3S/c1-7-4-3-6(13(2,10)11)5-8(7,9)12-7/h3-5H,1-2H3. The Bertz CT molecular complexity index is 423. The van der Waals surface area contributed by atoms with E-state index in [1.807, 2.05) is 6.92 Å². The Labute approximate surface area is 81.9 Å². The molecule has 0 amide bonds. The summed E-state index contributed by atoms with van der Waals surface area (Å²) in [5.74, 6) is 0. The molecule has 2 unspecified atom stereocenters. The van der Waals surface area contributed by atoms with Crippen molar-refractivity contribution in [2.24, 2.45) is 0 Å². The topological polar surface area (TPSA) is 46.7 Å². The van der Waals surface area contributed by atoms with E-state index in [0.29, 0.717) is 0 Å². The molecule has 1 aliphatic carbocycles. The van der Waals surface area contributed by atoms with Crippen molar-refractivity contribution in [1.29, 1.82) is 0 Å². The van der Waals surface area contributed by atoms with Crippen LogP contribution in [0, 0.1) is 0 Å². The Balaban J connectivity index is 2.45. The SMILES string of the molecule is CC12C=CC(S(C)(=O)=O)=CC1(Cl)O2. The summed E-state index contributed by atoms with van der Waals surface area (Å²) in [4.78, 5) is 0.220. The van der Waals surface area contributed by atoms with E-state index in [-0.39, 0.29) is 4.91 Å². The van der Waals surface area contributed by atoms with Crippen LogP contribution in [0.5, 0.6) is 0 Å². The molecule has 2 atom stereocenters. The zero-order valence-corrected chi connectivity index (χ0v) is 8.82. The molecule has 1 saturated heterocycles. The predicted molar refractivity (Wildman–Crippen MR) is 50.1 cm³/mol. The van der Waals surface area contributed by atoms with Crippen LogP contribution in [-0.2, 0) is 14.6 Å². The molecule has 1 fully saturated rings. The molecule has 2 aliphatic rings. The van der Waals surface area contributed by atoms with Gasteiger partial charge in [-0.15, -0.1) is 0 Å². The normalized spacial score (nSPS) is 42.5. The second kappa shape index (κ2) is 2.19. The minimum absolute atomic E-state index is 0.220. The van der Waals surface area contributed by atoms with Crippen LogP contribution in [0.25, 0.3) is 0 Å². The van der Waals surface area contributed by atoms with Gasteiger partial charge in [-0.3, -0.25) is 0 Å². The Morgan fingerprint density at radius 1 is 1.54 bits per heavy atom. The highest BCUT2D eigenvalue weighted by atomic mass is 35.5. The molecule has 13 heavy (non-hydrogen) atoms. The van der Waals surface area contributed by atoms with E-state index >= 15 is 0 Å². The maximum Gasteiger partial charge on any atom is 0.195 e. The summed E-state index contributed by atoms with van der Waals surface area (Å²) in [6, 6.07) is 0. The van der Waals surface area contributed by atoms with Crippen molar-refractivity contribution in [3.8, 4) is 0 Å². The number of ether oxygens (including phenoxy) is 1. The fourth-order valence-corrected chi connectivity index (χ4v) is 2.41. The van der Waals surface area contributed by atoms with E-state index in [4.69, 9.17) is 16.3 Å². The molecule has 0 N–H and O–H groups in total. The zero-order chi connectivity index (χ0) is 9.91. The first-order valence-corrected chi connectivity index (χ1v) is 6.05. The highest BCUT2D eigenvalue weighted by molar-refractivity contribution is 7.94. The van der Waals surface area contributed by atoms with Crippen LogP contribution >= 0.6 is 11.6 Å². The third-order valence-corrected chi connectivity index (χ3v) is 3.99. The summed E-state index contributed by atoms with van der Waals surface area (Å²) in [5.41, 5.74) is -0.525. The number of allylic oxidation sites excluding steroid dienone is 1. The van der Waals surface area contributed by atoms with Gasteiger partial charge in [-0.25, -0.2) is 8.42 Å². The van der Waals surface area contributed by atoms with Gasteiger partial charge in [0.25, 0.3) is 0 Å². The van der Waals surface area contributed by atoms with Crippen LogP contribution in [0.3, 0.4) is 0 Å². The first kappa shape index (κ1) is 9.24. The number of epoxide rings is 1. The first-order chi connectivity index (χ1) is 5.77. The minimum atomic E-state index is -3.19. The van der Waals surface area contributed by atoms with Gasteiger partial charge in [-0.2, -0.15) is 0 Å². The second-order valence-corrected chi connectivity index (χ2v) is 6.08. The molecule has 0 aromatic rings. The van der Waals surface area contributed by atoms with E-state index < -0.39 is 20.5 Å². The molecule has 0 radical (unpaired) electrons. The summed E-state index contributed by atoms with van der Waals surface area (Å²) >= 11 is 5.97. The lowest BCUT2D eigenvalue weighted by Gasteiger charge is -2.09. The molecule has 1 aliphatic heterocycles. The molecule has 2 rings (SSSR count). The van der Waals surface area contributed by atoms with Crippen molar-refractivity contribution in [2.45, 2.75) is 17.6 Å². The molecular formula is C8H9ClO3S. The molecule has 3 nitrogen and oxygen atoms in total. The van der Waals surface area contributed by atoms with Gasteiger partial charge in [0.1, 0.15) is 5.60 Å². The van der Waals surface area contributed by atoms with Crippen LogP contribution in [-0.4, -0.2) is 25.3 Å². The van der Waals surface area contributed by atoms with Crippen LogP contribution < -0.4 is 0 Å². The number of alkyl halides is 1. The maximum absolute atomic E-state index is 11.2. The largest absolute Gasteiger partial charge is 0.338 e. The van der Waals surface area contributed by atoms with Crippen molar-refractivity contribution >= 4 is 21.4 Å². The van der Waals surface area contributed by atoms with E-state index in [9.17, 15) is 8.42 Å². The predicted octanol–water partition coefficient (Wildman–Crippen LogP) is 1.21. The van der Waals surface area contributed by atoms with Gasteiger partial charge in [-0.1, -0.05) is 11.6 Å². The molecule has 0 aromatic carbocycles. The van der Waals surface area contributed by atoms with Gasteiger partial charge in [-0.05, 0) is 25.2 Å². The summed E-state index contributed by atoms with van der Waals surface area (Å²) in [6.07, 6.45) is 5.80. The van der Waals surface area contributed by atoms with Crippen LogP contribution in [0.2, 0.25) is 0 Å². The van der Waals surface area contributed by atoms with Crippen LogP contribution in [0.1, 0.15) is 6.92 Å². The molecule has 0 aromatic heterocycles. The van der Waals surface area contributed by atoms with Crippen LogP contribution in [0.15, 0.2) is 23.1 Å². The lowest BCUT2D eigenvalue weighted by atomic mass is 10.0. The maximum atomic E-state index is 11.2. The molecule has 0 bridgehead atoms. The third-order valence-electron chi connectivity index (χ3n) is 2.32. The molecule has 0 saturated carbocycles. The van der Waals surface area contributed by atoms with Gasteiger partial charge in [0.05, 0.1) is 4.91 Å². The lowest BCUT2D eigenvalue weighted by Crippen LogP contribution is -2.18. The Kier molecular flexibility index (Phi) is 1.56. The van der Waals surface area contributed by atoms with Gasteiger partial charge >= 0.3 is 0 Å². The van der Waals surface area contributed by atoms with Crippen LogP contribution in [0.4, 0.5) is 0 Å². The minimum Gasteiger partial charge on any atom is -0.338 e. The quantitative estimate of drug-likeness (QED) is 0.493. The summed E-state index contributed by atoms with van der Waals surface area (Å²) in [5, 5.41) is -0.944. The Morgan fingerprint density at radius 2 is 2.15 bits per heavy atom. The van der Waals surface area contributed by atoms with E-state index in [0.717, 1.165) is 6.26 Å². The first-order valence-electron chi connectivity index (χ1n) is 3.78. The number of hydrogen-bond acceptors (Lipinski definition) is 3. The third kappa shape index (κ3) is 1.24. The van der Waals surface area contributed by atoms with Gasteiger partial charge < -0.3 is 4.74 Å². The van der Waals surface area contributed by atoms with Crippen molar-refractivity contribution in [2.75, 3.05) is 6.26 Å². The molecule has 0 spiro atoms. The molecule has 72 valence electrons. The van der Waals surface area contributed by atoms with E-state index in [1.54, 1.807) is 6.08 Å². The van der Waals surface area contributed by atoms with E-state index in [1.165, 1.54) is 12.2 Å². The number of fused-ring (bicyclic) bond motifs is 1. The van der Waals surface area contributed by atoms with Crippen molar-refractivity contribution < 1.29 is 13.2 Å². The molecular weight excluding hydrogens is 212 g/mol. The monoisotopic (exact) mass is 220 g/mol. The average Bonchev–Trinajstić information content (AvgIpc) is 2.49. The van der Waals surface area contributed by atoms with Gasteiger partial charge in [0.15, 0.2) is 14.9 Å². The average molecular weight is 221 g/mol. The Hall–Kier alpha value is -0.320. The highest BCUT2D eigenvalue weighted by Crippen LogP contribution is 2.56. The summed E-state index contributed by atoms with van der Waals surface area (Å²) in [7, 11) is -3.19. The number of sulfone groups is 1. The fourth-order valence-electron chi connectivity index (χ4n) is 1.31. The number of rotatable bonds is 1. The smallest absolute Gasteiger partial charge is 0.195 e. The van der Waals surface area contributed by atoms with Crippen molar-refractivity contribution in [1.82, 2.24) is 0 Å². The highest BCUT2D eigenvalue weighted by Gasteiger charge is 2.65. The molecule has 1 heterocycles. The summed E-state index contributed by atoms with van der Waals surface area (Å²) < 4.78 is 27.5. The Morgan fingerprint density at radius 3 is 2.62 bits per heavy atom. The van der Waals surface area contributed by atoms with Crippen molar-refractivity contribution in [3.63, 3.8) is 0 Å². The number of halogens is 1. The molecule has 5 heteroatoms. The number of hydrogen-bond donors (Lipinski definition) is 0. The van der Waals surface area contributed by atoms with Crippen molar-refractivity contribution in [3.05, 3.63) is 23.1 Å². The van der Waals surface area contributed by atoms with E-state index in [2.05, 4.69) is 0 Å². The summed E-state index contributed by atoms with van der Waals surface area (Å²) in [6.45, 7) is 1.81. The second-order valence-electron chi connectivity index (χ2n) is 3.51.